The van der Waals surface area contributed by atoms with E-state index in [4.69, 9.17) is 0 Å². The number of carbonyl (C=O) groups is 2. The van der Waals surface area contributed by atoms with Crippen molar-refractivity contribution in [3.8, 4) is 0 Å². The molecule has 0 saturated carbocycles. The predicted octanol–water partition coefficient (Wildman–Crippen LogP) is 0.721. The molecule has 0 aliphatic heterocycles. The maximum atomic E-state index is 10.3. The maximum Gasteiger partial charge on any atom is 0.155 e. The van der Waals surface area contributed by atoms with Crippen LogP contribution in [-0.4, -0.2) is 12.1 Å². The Labute approximate surface area is 48.2 Å². The van der Waals surface area contributed by atoms with Crippen molar-refractivity contribution < 1.29 is 9.59 Å². The Hall–Kier alpha value is -0.920. The largest absolute Gasteiger partial charge is 0.303 e. The summed E-state index contributed by atoms with van der Waals surface area (Å²) in [5.41, 5.74) is 0.375. The smallest absolute Gasteiger partial charge is 0.155 e. The van der Waals surface area contributed by atoms with Crippen molar-refractivity contribution in [2.75, 3.05) is 0 Å². The van der Waals surface area contributed by atoms with E-state index in [0.717, 1.165) is 0 Å². The summed E-state index contributed by atoms with van der Waals surface area (Å²) in [4.78, 5) is 20.0. The Morgan fingerprint density at radius 1 is 1.75 bits per heavy atom. The first-order chi connectivity index (χ1) is 3.68. The molecule has 8 heavy (non-hydrogen) atoms. The topological polar surface area (TPSA) is 34.1 Å². The molecular weight excluding hydrogens is 104 g/mol. The highest BCUT2D eigenvalue weighted by Gasteiger charge is 1.95. The van der Waals surface area contributed by atoms with Crippen molar-refractivity contribution in [3.63, 3.8) is 0 Å². The fourth-order valence-corrected chi connectivity index (χ4v) is 0.244. The van der Waals surface area contributed by atoms with Crippen molar-refractivity contribution >= 4 is 12.1 Å². The molecule has 0 heterocycles. The average Bonchev–Trinajstić information content (AvgIpc) is 1.67. The summed E-state index contributed by atoms with van der Waals surface area (Å²) in [7, 11) is 0. The zero-order chi connectivity index (χ0) is 6.57. The van der Waals surface area contributed by atoms with Crippen molar-refractivity contribution in [1.29, 1.82) is 0 Å². The number of carbonyl (C=O) groups excluding carboxylic acids is 2. The van der Waals surface area contributed by atoms with Gasteiger partial charge in [0, 0.05) is 6.42 Å². The minimum absolute atomic E-state index is 0.114. The summed E-state index contributed by atoms with van der Waals surface area (Å²) in [6, 6.07) is 0. The molecule has 0 aromatic heterocycles. The minimum atomic E-state index is -0.114. The van der Waals surface area contributed by atoms with E-state index < -0.39 is 0 Å². The summed E-state index contributed by atoms with van der Waals surface area (Å²) in [5.74, 6) is -0.114. The van der Waals surface area contributed by atoms with Crippen molar-refractivity contribution in [1.82, 2.24) is 0 Å². The van der Waals surface area contributed by atoms with E-state index in [1.54, 1.807) is 0 Å². The van der Waals surface area contributed by atoms with Crippen molar-refractivity contribution in [2.24, 2.45) is 0 Å². The van der Waals surface area contributed by atoms with Gasteiger partial charge in [0.2, 0.25) is 0 Å². The molecule has 0 N–H and O–H groups in total. The maximum absolute atomic E-state index is 10.3. The van der Waals surface area contributed by atoms with E-state index >= 15 is 0 Å². The lowest BCUT2D eigenvalue weighted by molar-refractivity contribution is -0.115. The number of ketones is 1. The zero-order valence-corrected chi connectivity index (χ0v) is 4.81. The van der Waals surface area contributed by atoms with E-state index in [1.807, 2.05) is 0 Å². The van der Waals surface area contributed by atoms with Crippen LogP contribution < -0.4 is 0 Å². The van der Waals surface area contributed by atoms with Gasteiger partial charge in [-0.1, -0.05) is 6.58 Å². The van der Waals surface area contributed by atoms with Crippen LogP contribution in [-0.2, 0) is 9.59 Å². The quantitative estimate of drug-likeness (QED) is 0.398. The van der Waals surface area contributed by atoms with Crippen LogP contribution in [0.2, 0.25) is 0 Å². The van der Waals surface area contributed by atoms with Crippen LogP contribution >= 0.6 is 0 Å². The number of Topliss-reactive ketones (excluding diaryl/α,β-unsaturated/α-hetero) is 1. The van der Waals surface area contributed by atoms with Crippen LogP contribution in [0.25, 0.3) is 0 Å². The fraction of sp³-hybridized carbons (Fsp3) is 0.333. The molecular formula is C6H8O2. The number of aldehydes is 1. The molecule has 0 fully saturated rings. The number of rotatable bonds is 3. The van der Waals surface area contributed by atoms with Gasteiger partial charge in [0.25, 0.3) is 0 Å². The molecule has 0 aliphatic carbocycles. The van der Waals surface area contributed by atoms with E-state index in [-0.39, 0.29) is 12.2 Å². The van der Waals surface area contributed by atoms with Gasteiger partial charge in [-0.3, -0.25) is 4.79 Å². The Morgan fingerprint density at radius 3 is 2.38 bits per heavy atom. The van der Waals surface area contributed by atoms with Gasteiger partial charge in [-0.2, -0.15) is 0 Å². The van der Waals surface area contributed by atoms with E-state index in [1.165, 1.54) is 6.92 Å². The molecule has 0 spiro atoms. The van der Waals surface area contributed by atoms with Crippen LogP contribution in [0, 0.1) is 0 Å². The van der Waals surface area contributed by atoms with Gasteiger partial charge in [0.05, 0.1) is 0 Å². The fourth-order valence-electron chi connectivity index (χ4n) is 0.244. The Bertz CT molecular complexity index is 124. The van der Waals surface area contributed by atoms with Crippen LogP contribution in [0.3, 0.4) is 0 Å². The standard InChI is InChI=1S/C6H8O2/c1-5(3-4-7)6(2)8/h4H,1,3H2,2H3. The lowest BCUT2D eigenvalue weighted by atomic mass is 10.2. The second-order valence-electron chi connectivity index (χ2n) is 1.53. The van der Waals surface area contributed by atoms with Crippen LogP contribution in [0.4, 0.5) is 0 Å². The molecule has 0 aliphatic rings. The van der Waals surface area contributed by atoms with Crippen molar-refractivity contribution in [2.45, 2.75) is 13.3 Å². The molecule has 2 heteroatoms. The molecule has 0 aromatic carbocycles. The third kappa shape index (κ3) is 2.29. The Balaban J connectivity index is 3.65. The molecule has 0 amide bonds. The Morgan fingerprint density at radius 2 is 2.25 bits per heavy atom. The number of hydrogen-bond donors (Lipinski definition) is 0. The van der Waals surface area contributed by atoms with Gasteiger partial charge in [-0.15, -0.1) is 0 Å². The second-order valence-corrected chi connectivity index (χ2v) is 1.53. The highest BCUT2D eigenvalue weighted by molar-refractivity contribution is 5.94. The van der Waals surface area contributed by atoms with Gasteiger partial charge in [-0.25, -0.2) is 0 Å². The average molecular weight is 112 g/mol. The second kappa shape index (κ2) is 3.13. The molecule has 0 saturated heterocycles. The summed E-state index contributed by atoms with van der Waals surface area (Å²) in [6.45, 7) is 4.76. The van der Waals surface area contributed by atoms with E-state index in [9.17, 15) is 9.59 Å². The summed E-state index contributed by atoms with van der Waals surface area (Å²) in [6.07, 6.45) is 0.832. The lowest BCUT2D eigenvalue weighted by Crippen LogP contribution is -1.94. The molecule has 0 rings (SSSR count). The third-order valence-corrected chi connectivity index (χ3v) is 0.828. The van der Waals surface area contributed by atoms with E-state index in [0.29, 0.717) is 11.9 Å². The van der Waals surface area contributed by atoms with Gasteiger partial charge in [0.15, 0.2) is 5.78 Å². The van der Waals surface area contributed by atoms with E-state index in [2.05, 4.69) is 6.58 Å². The van der Waals surface area contributed by atoms with Crippen LogP contribution in [0.1, 0.15) is 13.3 Å². The molecule has 2 nitrogen and oxygen atoms in total. The molecule has 0 radical (unpaired) electrons. The monoisotopic (exact) mass is 112 g/mol. The molecule has 0 unspecified atom stereocenters. The summed E-state index contributed by atoms with van der Waals surface area (Å²) >= 11 is 0. The number of allylic oxidation sites excluding steroid dienone is 1. The predicted molar refractivity (Wildman–Crippen MR) is 30.5 cm³/mol. The highest BCUT2D eigenvalue weighted by Crippen LogP contribution is 1.93. The van der Waals surface area contributed by atoms with Gasteiger partial charge < -0.3 is 4.79 Å². The minimum Gasteiger partial charge on any atom is -0.303 e. The molecule has 0 aromatic rings. The first-order valence-electron chi connectivity index (χ1n) is 2.31. The normalized spacial score (nSPS) is 8.12. The zero-order valence-electron chi connectivity index (χ0n) is 4.81. The first-order valence-corrected chi connectivity index (χ1v) is 2.31. The SMILES string of the molecule is C=C(CC=O)C(C)=O. The first kappa shape index (κ1) is 7.08. The van der Waals surface area contributed by atoms with Gasteiger partial charge >= 0.3 is 0 Å². The molecule has 0 atom stereocenters. The molecule has 0 bridgehead atoms. The van der Waals surface area contributed by atoms with Crippen LogP contribution in [0.15, 0.2) is 12.2 Å². The molecule has 44 valence electrons. The Kier molecular flexibility index (Phi) is 2.77. The highest BCUT2D eigenvalue weighted by atomic mass is 16.1. The summed E-state index contributed by atoms with van der Waals surface area (Å²) < 4.78 is 0. The summed E-state index contributed by atoms with van der Waals surface area (Å²) in [5, 5.41) is 0. The number of hydrogen-bond acceptors (Lipinski definition) is 2. The van der Waals surface area contributed by atoms with Crippen LogP contribution in [0.5, 0.6) is 0 Å². The van der Waals surface area contributed by atoms with Gasteiger partial charge in [0.1, 0.15) is 6.29 Å². The lowest BCUT2D eigenvalue weighted by Gasteiger charge is -1.88. The van der Waals surface area contributed by atoms with Crippen molar-refractivity contribution in [3.05, 3.63) is 12.2 Å². The third-order valence-electron chi connectivity index (χ3n) is 0.828. The van der Waals surface area contributed by atoms with Gasteiger partial charge in [-0.05, 0) is 12.5 Å².